The Morgan fingerprint density at radius 2 is 1.79 bits per heavy atom. The maximum atomic E-state index is 12.6. The zero-order valence-corrected chi connectivity index (χ0v) is 26.3. The van der Waals surface area contributed by atoms with Crippen molar-refractivity contribution in [3.8, 4) is 17.1 Å². The van der Waals surface area contributed by atoms with Crippen LogP contribution in [0.15, 0.2) is 54.7 Å². The number of fused-ring (bicyclic) bond motifs is 1. The molecule has 39 heavy (non-hydrogen) atoms. The summed E-state index contributed by atoms with van der Waals surface area (Å²) >= 11 is -1.19. The molecular formula is C30H40N5O2SSi. The molecule has 0 saturated heterocycles. The molecule has 3 heterocycles. The average Bonchev–Trinajstić information content (AvgIpc) is 3.30. The molecule has 1 N–H and O–H groups in total. The van der Waals surface area contributed by atoms with Crippen LogP contribution in [0.4, 0.5) is 0 Å². The molecule has 4 aromatic rings. The van der Waals surface area contributed by atoms with Crippen LogP contribution < -0.4 is 4.72 Å². The monoisotopic (exact) mass is 562 g/mol. The van der Waals surface area contributed by atoms with Crippen molar-refractivity contribution >= 4 is 30.6 Å². The van der Waals surface area contributed by atoms with E-state index in [4.69, 9.17) is 14.4 Å². The molecule has 7 nitrogen and oxygen atoms in total. The van der Waals surface area contributed by atoms with Gasteiger partial charge in [-0.25, -0.2) is 9.67 Å². The first-order valence-electron chi connectivity index (χ1n) is 13.3. The summed E-state index contributed by atoms with van der Waals surface area (Å²) in [5.41, 5.74) is 4.35. The van der Waals surface area contributed by atoms with Crippen molar-refractivity contribution < 1.29 is 8.98 Å². The minimum Gasteiger partial charge on any atom is -0.598 e. The number of benzene rings is 1. The van der Waals surface area contributed by atoms with Crippen molar-refractivity contribution in [3.05, 3.63) is 72.2 Å². The number of rotatable bonds is 8. The smallest absolute Gasteiger partial charge is 0.192 e. The fraction of sp³-hybridized carbons (Fsp3) is 0.433. The highest BCUT2D eigenvalue weighted by Crippen LogP contribution is 2.37. The molecule has 1 radical (unpaired) electrons. The van der Waals surface area contributed by atoms with E-state index in [0.717, 1.165) is 39.4 Å². The Kier molecular flexibility index (Phi) is 8.40. The predicted octanol–water partition coefficient (Wildman–Crippen LogP) is 6.92. The number of nitrogens with zero attached hydrogens (tertiary/aromatic N) is 4. The SMILES string of the molecule is C[C@H](N[S@+]([O-])C(C)(C)C)c1cccc(-c2c[c]c3cnn(-c4cccc(CO[Si](C)(C)C(C)(C)C)n4)c3c2)n1. The van der Waals surface area contributed by atoms with E-state index >= 15 is 0 Å². The van der Waals surface area contributed by atoms with Gasteiger partial charge in [-0.3, -0.25) is 4.98 Å². The van der Waals surface area contributed by atoms with Crippen molar-refractivity contribution in [2.24, 2.45) is 0 Å². The summed E-state index contributed by atoms with van der Waals surface area (Å²) in [6.45, 7) is 19.5. The molecule has 0 aliphatic heterocycles. The fourth-order valence-corrected chi connectivity index (χ4v) is 5.41. The lowest BCUT2D eigenvalue weighted by atomic mass is 10.1. The summed E-state index contributed by atoms with van der Waals surface area (Å²) in [5, 5.41) is 5.65. The third-order valence-electron chi connectivity index (χ3n) is 7.23. The zero-order chi connectivity index (χ0) is 28.6. The molecule has 207 valence electrons. The van der Waals surface area contributed by atoms with Gasteiger partial charge in [0.25, 0.3) is 0 Å². The van der Waals surface area contributed by atoms with Gasteiger partial charge in [0, 0.05) is 22.3 Å². The third-order valence-corrected chi connectivity index (χ3v) is 13.4. The molecule has 0 aliphatic carbocycles. The summed E-state index contributed by atoms with van der Waals surface area (Å²) in [5.74, 6) is 0.732. The van der Waals surface area contributed by atoms with E-state index in [9.17, 15) is 4.55 Å². The number of nitrogens with one attached hydrogen (secondary N) is 1. The van der Waals surface area contributed by atoms with E-state index in [-0.39, 0.29) is 15.8 Å². The summed E-state index contributed by atoms with van der Waals surface area (Å²) in [6.07, 6.45) is 1.80. The highest BCUT2D eigenvalue weighted by Gasteiger charge is 2.37. The van der Waals surface area contributed by atoms with Gasteiger partial charge in [-0.2, -0.15) is 5.10 Å². The summed E-state index contributed by atoms with van der Waals surface area (Å²) < 4.78 is 23.7. The van der Waals surface area contributed by atoms with Crippen LogP contribution in [0.1, 0.15) is 65.9 Å². The molecule has 0 amide bonds. The first-order valence-corrected chi connectivity index (χ1v) is 17.4. The van der Waals surface area contributed by atoms with E-state index in [2.05, 4.69) is 55.8 Å². The van der Waals surface area contributed by atoms with Gasteiger partial charge in [-0.1, -0.05) is 32.9 Å². The van der Waals surface area contributed by atoms with E-state index in [1.807, 2.05) is 74.8 Å². The molecule has 0 aliphatic rings. The second kappa shape index (κ2) is 11.1. The molecule has 1 aromatic carbocycles. The molecule has 4 rings (SSSR count). The maximum Gasteiger partial charge on any atom is 0.192 e. The normalized spacial score (nSPS) is 14.5. The standard InChI is InChI=1S/C30H40N5O2SSi/c1-21(34-38(36)29(2,3)4)25-13-11-14-26(33-25)22-16-17-23-19-31-35(27(23)18-22)28-15-10-12-24(32-28)20-37-39(8,9)30(5,6)7/h10-16,18-19,21,34H,20H2,1-9H3/t21-,38+/m0/s1. The third kappa shape index (κ3) is 6.78. The lowest BCUT2D eigenvalue weighted by Gasteiger charge is -2.36. The summed E-state index contributed by atoms with van der Waals surface area (Å²) in [4.78, 5) is 9.75. The first-order chi connectivity index (χ1) is 18.2. The van der Waals surface area contributed by atoms with Crippen LogP contribution >= 0.6 is 0 Å². The van der Waals surface area contributed by atoms with Gasteiger partial charge >= 0.3 is 0 Å². The van der Waals surface area contributed by atoms with Gasteiger partial charge < -0.3 is 8.98 Å². The van der Waals surface area contributed by atoms with Crippen molar-refractivity contribution in [3.63, 3.8) is 0 Å². The molecule has 0 unspecified atom stereocenters. The van der Waals surface area contributed by atoms with Crippen LogP contribution in [0.25, 0.3) is 28.0 Å². The molecule has 0 saturated carbocycles. The predicted molar refractivity (Wildman–Crippen MR) is 162 cm³/mol. The van der Waals surface area contributed by atoms with Crippen LogP contribution in [0.3, 0.4) is 0 Å². The first kappa shape index (κ1) is 29.4. The summed E-state index contributed by atoms with van der Waals surface area (Å²) in [7, 11) is -1.89. The van der Waals surface area contributed by atoms with Gasteiger partial charge in [0.1, 0.15) is 4.75 Å². The van der Waals surface area contributed by atoms with E-state index in [0.29, 0.717) is 6.61 Å². The lowest BCUT2D eigenvalue weighted by molar-refractivity contribution is 0.272. The van der Waals surface area contributed by atoms with Crippen LogP contribution in [0.2, 0.25) is 18.1 Å². The fourth-order valence-electron chi connectivity index (χ4n) is 3.67. The van der Waals surface area contributed by atoms with Gasteiger partial charge in [0.05, 0.1) is 41.4 Å². The Balaban J connectivity index is 1.61. The number of hydrogen-bond acceptors (Lipinski definition) is 6. The van der Waals surface area contributed by atoms with Gasteiger partial charge in [0.2, 0.25) is 0 Å². The highest BCUT2D eigenvalue weighted by molar-refractivity contribution is 7.90. The average molecular weight is 563 g/mol. The molecule has 0 bridgehead atoms. The second-order valence-electron chi connectivity index (χ2n) is 12.4. The van der Waals surface area contributed by atoms with E-state index in [1.165, 1.54) is 0 Å². The molecule has 9 heteroatoms. The van der Waals surface area contributed by atoms with Crippen LogP contribution in [0, 0.1) is 6.07 Å². The highest BCUT2D eigenvalue weighted by atomic mass is 32.2. The van der Waals surface area contributed by atoms with Crippen molar-refractivity contribution in [2.75, 3.05) is 0 Å². The molecular weight excluding hydrogens is 523 g/mol. The van der Waals surface area contributed by atoms with E-state index in [1.54, 1.807) is 6.20 Å². The topological polar surface area (TPSA) is 87.9 Å². The Labute approximate surface area is 236 Å². The van der Waals surface area contributed by atoms with E-state index < -0.39 is 19.7 Å². The number of hydrogen-bond donors (Lipinski definition) is 1. The van der Waals surface area contributed by atoms with Gasteiger partial charge in [-0.05, 0) is 88.3 Å². The molecule has 0 fully saturated rings. The maximum absolute atomic E-state index is 12.6. The Hall–Kier alpha value is -2.56. The Morgan fingerprint density at radius 1 is 1.08 bits per heavy atom. The lowest BCUT2D eigenvalue weighted by Crippen LogP contribution is -2.40. The van der Waals surface area contributed by atoms with Gasteiger partial charge in [-0.15, -0.1) is 4.72 Å². The largest absolute Gasteiger partial charge is 0.598 e. The quantitative estimate of drug-likeness (QED) is 0.185. The van der Waals surface area contributed by atoms with Crippen LogP contribution in [0.5, 0.6) is 0 Å². The molecule has 0 spiro atoms. The van der Waals surface area contributed by atoms with Crippen molar-refractivity contribution in [2.45, 2.75) is 84.0 Å². The van der Waals surface area contributed by atoms with Crippen molar-refractivity contribution in [1.29, 1.82) is 0 Å². The second-order valence-corrected chi connectivity index (χ2v) is 19.3. The Morgan fingerprint density at radius 3 is 2.49 bits per heavy atom. The van der Waals surface area contributed by atoms with Gasteiger partial charge in [0.15, 0.2) is 14.1 Å². The van der Waals surface area contributed by atoms with Crippen molar-refractivity contribution in [1.82, 2.24) is 24.5 Å². The molecule has 2 atom stereocenters. The van der Waals surface area contributed by atoms with Crippen LogP contribution in [-0.4, -0.2) is 37.4 Å². The molecule has 3 aromatic heterocycles. The minimum absolute atomic E-state index is 0.137. The number of aromatic nitrogens is 4. The Bertz CT molecular complexity index is 1440. The zero-order valence-electron chi connectivity index (χ0n) is 24.5. The minimum atomic E-state index is -1.89. The number of pyridine rings is 2. The summed E-state index contributed by atoms with van der Waals surface area (Å²) in [6, 6.07) is 19.0. The van der Waals surface area contributed by atoms with Crippen LogP contribution in [-0.2, 0) is 22.4 Å².